The highest BCUT2D eigenvalue weighted by atomic mass is 35.5. The van der Waals surface area contributed by atoms with Crippen LogP contribution >= 0.6 is 11.6 Å². The van der Waals surface area contributed by atoms with Gasteiger partial charge in [-0.1, -0.05) is 60.1 Å². The molecule has 7 heteroatoms. The Balaban J connectivity index is 1.34. The summed E-state index contributed by atoms with van der Waals surface area (Å²) in [6.07, 6.45) is 4.00. The van der Waals surface area contributed by atoms with E-state index in [-0.39, 0.29) is 11.8 Å². The Labute approximate surface area is 193 Å². The van der Waals surface area contributed by atoms with Crippen LogP contribution in [0.1, 0.15) is 28.8 Å². The van der Waals surface area contributed by atoms with Crippen LogP contribution in [0.15, 0.2) is 60.8 Å². The minimum Gasteiger partial charge on any atom is -0.339 e. The molecule has 1 saturated heterocycles. The van der Waals surface area contributed by atoms with Crippen molar-refractivity contribution in [3.05, 3.63) is 76.9 Å². The molecule has 32 heavy (non-hydrogen) atoms. The van der Waals surface area contributed by atoms with Crippen LogP contribution in [0.25, 0.3) is 11.3 Å². The van der Waals surface area contributed by atoms with Crippen LogP contribution in [0.3, 0.4) is 0 Å². The standard InChI is InChI=1S/C25H27ClN4O2/c1-28-18-21(24(27-28)20-11-5-6-12-22(20)26)25(32)30-16-14-29(15-17-30)23(31)13-7-10-19-8-3-2-4-9-19/h2-6,8-9,11-12,18H,7,10,13-17H2,1H3. The van der Waals surface area contributed by atoms with E-state index in [1.807, 2.05) is 41.3 Å². The third kappa shape index (κ3) is 5.02. The molecule has 0 aliphatic carbocycles. The summed E-state index contributed by atoms with van der Waals surface area (Å²) in [6, 6.07) is 17.6. The molecule has 0 bridgehead atoms. The maximum Gasteiger partial charge on any atom is 0.257 e. The second-order valence-corrected chi connectivity index (χ2v) is 8.46. The molecule has 1 aromatic heterocycles. The zero-order valence-corrected chi connectivity index (χ0v) is 19.0. The maximum absolute atomic E-state index is 13.3. The molecule has 0 atom stereocenters. The zero-order chi connectivity index (χ0) is 22.5. The van der Waals surface area contributed by atoms with Gasteiger partial charge in [0.2, 0.25) is 5.91 Å². The summed E-state index contributed by atoms with van der Waals surface area (Å²) in [4.78, 5) is 29.5. The Morgan fingerprint density at radius 1 is 0.938 bits per heavy atom. The molecule has 0 saturated carbocycles. The van der Waals surface area contributed by atoms with Crippen molar-refractivity contribution in [1.29, 1.82) is 0 Å². The minimum atomic E-state index is -0.0794. The number of hydrogen-bond acceptors (Lipinski definition) is 3. The number of hydrogen-bond donors (Lipinski definition) is 0. The number of nitrogens with zero attached hydrogens (tertiary/aromatic N) is 4. The lowest BCUT2D eigenvalue weighted by molar-refractivity contribution is -0.132. The van der Waals surface area contributed by atoms with Gasteiger partial charge in [0.25, 0.3) is 5.91 Å². The minimum absolute atomic E-state index is 0.0794. The summed E-state index contributed by atoms with van der Waals surface area (Å²) in [6.45, 7) is 2.13. The lowest BCUT2D eigenvalue weighted by Gasteiger charge is -2.34. The predicted octanol–water partition coefficient (Wildman–Crippen LogP) is 4.05. The molecule has 1 fully saturated rings. The first-order valence-corrected chi connectivity index (χ1v) is 11.3. The van der Waals surface area contributed by atoms with Crippen molar-refractivity contribution in [2.75, 3.05) is 26.2 Å². The molecule has 0 spiro atoms. The van der Waals surface area contributed by atoms with Gasteiger partial charge in [0.05, 0.1) is 10.6 Å². The van der Waals surface area contributed by atoms with E-state index < -0.39 is 0 Å². The second-order valence-electron chi connectivity index (χ2n) is 8.06. The molecule has 0 radical (unpaired) electrons. The van der Waals surface area contributed by atoms with Crippen LogP contribution < -0.4 is 0 Å². The Kier molecular flexibility index (Phi) is 6.90. The van der Waals surface area contributed by atoms with Crippen molar-refractivity contribution >= 4 is 23.4 Å². The molecule has 2 aromatic carbocycles. The van der Waals surface area contributed by atoms with E-state index in [4.69, 9.17) is 11.6 Å². The number of aromatic nitrogens is 2. The van der Waals surface area contributed by atoms with Crippen molar-refractivity contribution < 1.29 is 9.59 Å². The first-order chi connectivity index (χ1) is 15.5. The van der Waals surface area contributed by atoms with Gasteiger partial charge >= 0.3 is 0 Å². The molecule has 1 aliphatic heterocycles. The van der Waals surface area contributed by atoms with Crippen LogP contribution in [-0.4, -0.2) is 57.6 Å². The third-order valence-corrected chi connectivity index (χ3v) is 6.14. The summed E-state index contributed by atoms with van der Waals surface area (Å²) >= 11 is 6.35. The molecule has 4 rings (SSSR count). The van der Waals surface area contributed by atoms with Crippen LogP contribution in [0.2, 0.25) is 5.02 Å². The summed E-state index contributed by atoms with van der Waals surface area (Å²) in [5.74, 6) is 0.0790. The van der Waals surface area contributed by atoms with Gasteiger partial charge in [-0.3, -0.25) is 14.3 Å². The predicted molar refractivity (Wildman–Crippen MR) is 126 cm³/mol. The molecule has 0 N–H and O–H groups in total. The van der Waals surface area contributed by atoms with E-state index in [1.54, 1.807) is 28.9 Å². The largest absolute Gasteiger partial charge is 0.339 e. The smallest absolute Gasteiger partial charge is 0.257 e. The highest BCUT2D eigenvalue weighted by Gasteiger charge is 2.28. The van der Waals surface area contributed by atoms with Gasteiger partial charge in [-0.15, -0.1) is 0 Å². The van der Waals surface area contributed by atoms with Gasteiger partial charge in [0, 0.05) is 51.4 Å². The number of benzene rings is 2. The van der Waals surface area contributed by atoms with Crippen molar-refractivity contribution in [2.24, 2.45) is 7.05 Å². The average Bonchev–Trinajstić information content (AvgIpc) is 3.21. The average molecular weight is 451 g/mol. The first-order valence-electron chi connectivity index (χ1n) is 10.9. The summed E-state index contributed by atoms with van der Waals surface area (Å²) in [7, 11) is 1.79. The summed E-state index contributed by atoms with van der Waals surface area (Å²) in [5.41, 5.74) is 3.11. The summed E-state index contributed by atoms with van der Waals surface area (Å²) < 4.78 is 1.64. The summed E-state index contributed by atoms with van der Waals surface area (Å²) in [5, 5.41) is 5.04. The number of halogens is 1. The lowest BCUT2D eigenvalue weighted by atomic mass is 10.1. The molecule has 3 aromatic rings. The van der Waals surface area contributed by atoms with Gasteiger partial charge in [-0.2, -0.15) is 5.10 Å². The molecule has 6 nitrogen and oxygen atoms in total. The number of amides is 2. The van der Waals surface area contributed by atoms with E-state index >= 15 is 0 Å². The quantitative estimate of drug-likeness (QED) is 0.569. The van der Waals surface area contributed by atoms with E-state index in [2.05, 4.69) is 17.2 Å². The fourth-order valence-electron chi connectivity index (χ4n) is 4.07. The van der Waals surface area contributed by atoms with Crippen LogP contribution in [-0.2, 0) is 18.3 Å². The number of aryl methyl sites for hydroxylation is 2. The van der Waals surface area contributed by atoms with Gasteiger partial charge in [0.1, 0.15) is 5.69 Å². The van der Waals surface area contributed by atoms with Gasteiger partial charge in [-0.05, 0) is 24.5 Å². The van der Waals surface area contributed by atoms with Gasteiger partial charge in [0.15, 0.2) is 0 Å². The van der Waals surface area contributed by atoms with E-state index in [0.717, 1.165) is 18.4 Å². The number of rotatable bonds is 6. The maximum atomic E-state index is 13.3. The fourth-order valence-corrected chi connectivity index (χ4v) is 4.30. The molecular formula is C25H27ClN4O2. The topological polar surface area (TPSA) is 58.4 Å². The molecule has 166 valence electrons. The van der Waals surface area contributed by atoms with Crippen LogP contribution in [0.5, 0.6) is 0 Å². The van der Waals surface area contributed by atoms with E-state index in [0.29, 0.717) is 48.9 Å². The molecule has 2 heterocycles. The Morgan fingerprint density at radius 3 is 2.31 bits per heavy atom. The molecule has 0 unspecified atom stereocenters. The van der Waals surface area contributed by atoms with Crippen molar-refractivity contribution in [3.8, 4) is 11.3 Å². The second kappa shape index (κ2) is 10.0. The molecular weight excluding hydrogens is 424 g/mol. The molecule has 2 amide bonds. The van der Waals surface area contributed by atoms with Crippen molar-refractivity contribution in [1.82, 2.24) is 19.6 Å². The van der Waals surface area contributed by atoms with Crippen LogP contribution in [0, 0.1) is 0 Å². The third-order valence-electron chi connectivity index (χ3n) is 5.81. The first kappa shape index (κ1) is 22.1. The Bertz CT molecular complexity index is 1090. The highest BCUT2D eigenvalue weighted by molar-refractivity contribution is 6.33. The zero-order valence-electron chi connectivity index (χ0n) is 18.2. The van der Waals surface area contributed by atoms with E-state index in [1.165, 1.54) is 5.56 Å². The fraction of sp³-hybridized carbons (Fsp3) is 0.320. The Morgan fingerprint density at radius 2 is 1.59 bits per heavy atom. The van der Waals surface area contributed by atoms with Gasteiger partial charge < -0.3 is 9.80 Å². The Hall–Kier alpha value is -3.12. The molecule has 1 aliphatic rings. The number of piperazine rings is 1. The lowest BCUT2D eigenvalue weighted by Crippen LogP contribution is -2.50. The number of carbonyl (C=O) groups excluding carboxylic acids is 2. The van der Waals surface area contributed by atoms with Crippen molar-refractivity contribution in [3.63, 3.8) is 0 Å². The normalized spacial score (nSPS) is 13.9. The van der Waals surface area contributed by atoms with Crippen LogP contribution in [0.4, 0.5) is 0 Å². The van der Waals surface area contributed by atoms with Crippen molar-refractivity contribution in [2.45, 2.75) is 19.3 Å². The monoisotopic (exact) mass is 450 g/mol. The van der Waals surface area contributed by atoms with E-state index in [9.17, 15) is 9.59 Å². The SMILES string of the molecule is Cn1cc(C(=O)N2CCN(C(=O)CCCc3ccccc3)CC2)c(-c2ccccc2Cl)n1. The number of carbonyl (C=O) groups is 2. The van der Waals surface area contributed by atoms with Gasteiger partial charge in [-0.25, -0.2) is 0 Å². The highest BCUT2D eigenvalue weighted by Crippen LogP contribution is 2.29.